The van der Waals surface area contributed by atoms with E-state index >= 15 is 0 Å². The summed E-state index contributed by atoms with van der Waals surface area (Å²) in [4.78, 5) is 4.74. The number of aliphatic hydroxyl groups is 1. The number of furan rings is 1. The predicted molar refractivity (Wildman–Crippen MR) is 106 cm³/mol. The number of hydrogen-bond acceptors (Lipinski definition) is 4. The number of pyridine rings is 1. The summed E-state index contributed by atoms with van der Waals surface area (Å²) in [5.41, 5.74) is 1.35. The third-order valence-electron chi connectivity index (χ3n) is 5.17. The van der Waals surface area contributed by atoms with Crippen LogP contribution >= 0.6 is 0 Å². The third kappa shape index (κ3) is 2.77. The molecule has 4 aromatic rings. The van der Waals surface area contributed by atoms with Gasteiger partial charge in [0, 0.05) is 5.59 Å². The zero-order valence-corrected chi connectivity index (χ0v) is 15.4. The zero-order chi connectivity index (χ0) is 18.5. The van der Waals surface area contributed by atoms with Crippen molar-refractivity contribution in [3.63, 3.8) is 0 Å². The van der Waals surface area contributed by atoms with Crippen molar-refractivity contribution >= 4 is 45.9 Å². The van der Waals surface area contributed by atoms with Gasteiger partial charge in [-0.1, -0.05) is 30.3 Å². The maximum absolute atomic E-state index is 10.2. The van der Waals surface area contributed by atoms with Crippen molar-refractivity contribution in [3.8, 4) is 0 Å². The minimum atomic E-state index is -0.980. The van der Waals surface area contributed by atoms with Crippen molar-refractivity contribution in [1.82, 2.24) is 4.98 Å². The van der Waals surface area contributed by atoms with Gasteiger partial charge in [-0.05, 0) is 56.7 Å². The van der Waals surface area contributed by atoms with Crippen LogP contribution in [-0.2, 0) is 4.65 Å². The van der Waals surface area contributed by atoms with Gasteiger partial charge in [0.1, 0.15) is 11.1 Å². The van der Waals surface area contributed by atoms with Crippen LogP contribution in [0.5, 0.6) is 0 Å². The van der Waals surface area contributed by atoms with Crippen molar-refractivity contribution in [1.29, 1.82) is 0 Å². The topological polar surface area (TPSA) is 55.5 Å². The fourth-order valence-corrected chi connectivity index (χ4v) is 2.84. The zero-order valence-electron chi connectivity index (χ0n) is 15.4. The number of rotatable bonds is 4. The summed E-state index contributed by atoms with van der Waals surface area (Å²) in [5.74, 6) is 0. The number of benzene rings is 2. The maximum atomic E-state index is 10.2. The molecular weight excluding hydrogens is 325 g/mol. The average molecular weight is 346 g/mol. The van der Waals surface area contributed by atoms with Crippen LogP contribution in [0.3, 0.4) is 0 Å². The van der Waals surface area contributed by atoms with Crippen molar-refractivity contribution in [3.05, 3.63) is 48.5 Å². The van der Waals surface area contributed by atoms with E-state index in [-0.39, 0.29) is 0 Å². The second-order valence-electron chi connectivity index (χ2n) is 7.65. The van der Waals surface area contributed by atoms with E-state index in [1.165, 1.54) is 0 Å². The Bertz CT molecular complexity index is 1110. The second-order valence-corrected chi connectivity index (χ2v) is 7.65. The highest BCUT2D eigenvalue weighted by molar-refractivity contribution is 6.46. The fourth-order valence-electron chi connectivity index (χ4n) is 2.84. The van der Waals surface area contributed by atoms with Crippen molar-refractivity contribution < 1.29 is 14.2 Å². The van der Waals surface area contributed by atoms with E-state index in [4.69, 9.17) is 14.1 Å². The molecule has 4 nitrogen and oxygen atoms in total. The van der Waals surface area contributed by atoms with Gasteiger partial charge >= 0.3 is 7.48 Å². The van der Waals surface area contributed by atoms with Crippen LogP contribution in [0, 0.1) is 0 Å². The van der Waals surface area contributed by atoms with Gasteiger partial charge in [0.25, 0.3) is 0 Å². The van der Waals surface area contributed by atoms with Gasteiger partial charge in [-0.15, -0.1) is 0 Å². The van der Waals surface area contributed by atoms with Gasteiger partial charge in [0.05, 0.1) is 16.6 Å². The first-order valence-electron chi connectivity index (χ1n) is 8.71. The van der Waals surface area contributed by atoms with Crippen LogP contribution in [0.4, 0.5) is 0 Å². The van der Waals surface area contributed by atoms with Gasteiger partial charge in [0.15, 0.2) is 5.58 Å². The van der Waals surface area contributed by atoms with Gasteiger partial charge in [-0.25, -0.2) is 0 Å². The molecule has 0 spiro atoms. The predicted octanol–water partition coefficient (Wildman–Crippen LogP) is 3.94. The molecule has 2 aromatic carbocycles. The first kappa shape index (κ1) is 17.1. The minimum absolute atomic E-state index is 0.686. The summed E-state index contributed by atoms with van der Waals surface area (Å²) in [7, 11) is 1.60. The lowest BCUT2D eigenvalue weighted by molar-refractivity contribution is -0.0893. The summed E-state index contributed by atoms with van der Waals surface area (Å²) in [5, 5.41) is 13.5. The molecule has 0 atom stereocenters. The molecule has 0 aliphatic rings. The van der Waals surface area contributed by atoms with Crippen LogP contribution in [0.25, 0.3) is 32.8 Å². The Kier molecular flexibility index (Phi) is 3.83. The Morgan fingerprint density at radius 2 is 1.69 bits per heavy atom. The highest BCUT2D eigenvalue weighted by Gasteiger charge is 2.35. The third-order valence-corrected chi connectivity index (χ3v) is 5.17. The Balaban J connectivity index is 1.79. The molecule has 2 aromatic heterocycles. The molecule has 0 saturated heterocycles. The number of nitrogens with zero attached hydrogens (tertiary/aromatic N) is 1. The van der Waals surface area contributed by atoms with Crippen LogP contribution in [0.2, 0.25) is 0 Å². The van der Waals surface area contributed by atoms with E-state index in [1.54, 1.807) is 21.3 Å². The van der Waals surface area contributed by atoms with E-state index in [9.17, 15) is 5.11 Å². The Hall–Kier alpha value is -2.37. The molecule has 1 radical (unpaired) electrons. The fraction of sp³-hybridized carbons (Fsp3) is 0.286. The van der Waals surface area contributed by atoms with Gasteiger partial charge < -0.3 is 14.2 Å². The Labute approximate surface area is 153 Å². The minimum Gasteiger partial charge on any atom is -0.454 e. The molecule has 0 saturated carbocycles. The lowest BCUT2D eigenvalue weighted by atomic mass is 9.85. The SMILES string of the molecule is CC(C)(O)C(C)(C)O[B]c1ccc2oc3ccc4ccccc4c3c2n1. The molecule has 0 bridgehead atoms. The van der Waals surface area contributed by atoms with E-state index in [0.717, 1.165) is 32.8 Å². The highest BCUT2D eigenvalue weighted by atomic mass is 16.5. The van der Waals surface area contributed by atoms with E-state index < -0.39 is 11.2 Å². The smallest absolute Gasteiger partial charge is 0.351 e. The van der Waals surface area contributed by atoms with E-state index in [2.05, 4.69) is 18.2 Å². The summed E-state index contributed by atoms with van der Waals surface area (Å²) in [6.45, 7) is 7.16. The molecule has 0 aliphatic carbocycles. The number of aromatic nitrogens is 1. The molecule has 131 valence electrons. The maximum Gasteiger partial charge on any atom is 0.351 e. The standard InChI is InChI=1S/C21H21BNO3/c1-20(2,24)21(3,4)26-22-17-12-11-16-19(23-17)18-14-8-6-5-7-13(14)9-10-15(18)25-16/h5-12,24H,1-4H3. The highest BCUT2D eigenvalue weighted by Crippen LogP contribution is 2.33. The summed E-state index contributed by atoms with van der Waals surface area (Å²) in [6.07, 6.45) is 0. The first-order valence-corrected chi connectivity index (χ1v) is 8.71. The largest absolute Gasteiger partial charge is 0.454 e. The van der Waals surface area contributed by atoms with Crippen LogP contribution in [0.1, 0.15) is 27.7 Å². The molecule has 26 heavy (non-hydrogen) atoms. The molecule has 1 N–H and O–H groups in total. The average Bonchev–Trinajstić information content (AvgIpc) is 2.97. The molecule has 0 fully saturated rings. The molecule has 0 aliphatic heterocycles. The Morgan fingerprint density at radius 1 is 0.962 bits per heavy atom. The monoisotopic (exact) mass is 346 g/mol. The van der Waals surface area contributed by atoms with Crippen molar-refractivity contribution in [2.24, 2.45) is 0 Å². The van der Waals surface area contributed by atoms with E-state index in [1.807, 2.05) is 44.2 Å². The molecular formula is C21H21BNO3. The molecule has 5 heteroatoms. The van der Waals surface area contributed by atoms with Crippen LogP contribution < -0.4 is 5.59 Å². The van der Waals surface area contributed by atoms with Gasteiger partial charge in [-0.2, -0.15) is 0 Å². The van der Waals surface area contributed by atoms with Crippen LogP contribution in [0.15, 0.2) is 52.9 Å². The quantitative estimate of drug-likeness (QED) is 0.569. The molecule has 0 amide bonds. The first-order chi connectivity index (χ1) is 12.3. The molecule has 2 heterocycles. The summed E-state index contributed by atoms with van der Waals surface area (Å²) < 4.78 is 11.8. The van der Waals surface area contributed by atoms with Gasteiger partial charge in [-0.3, -0.25) is 4.98 Å². The summed E-state index contributed by atoms with van der Waals surface area (Å²) >= 11 is 0. The Morgan fingerprint density at radius 3 is 2.46 bits per heavy atom. The number of hydrogen-bond donors (Lipinski definition) is 1. The van der Waals surface area contributed by atoms with Gasteiger partial charge in [0.2, 0.25) is 0 Å². The lowest BCUT2D eigenvalue weighted by Crippen LogP contribution is -2.49. The van der Waals surface area contributed by atoms with E-state index in [0.29, 0.717) is 5.59 Å². The van der Waals surface area contributed by atoms with Crippen LogP contribution in [-0.4, -0.2) is 28.8 Å². The molecule has 4 rings (SSSR count). The van der Waals surface area contributed by atoms with Crippen molar-refractivity contribution in [2.75, 3.05) is 0 Å². The second kappa shape index (κ2) is 5.83. The molecule has 0 unspecified atom stereocenters. The number of fused-ring (bicyclic) bond motifs is 5. The summed E-state index contributed by atoms with van der Waals surface area (Å²) in [6, 6.07) is 16.0. The lowest BCUT2D eigenvalue weighted by Gasteiger charge is -2.37. The van der Waals surface area contributed by atoms with Crippen molar-refractivity contribution in [2.45, 2.75) is 38.9 Å². The normalized spacial score (nSPS) is 13.0.